The number of aliphatic imine (C=N–C) groups is 1. The van der Waals surface area contributed by atoms with Crippen LogP contribution in [0.25, 0.3) is 0 Å². The van der Waals surface area contributed by atoms with Crippen molar-refractivity contribution < 1.29 is 14.3 Å². The lowest BCUT2D eigenvalue weighted by molar-refractivity contribution is -0.119. The van der Waals surface area contributed by atoms with Crippen LogP contribution in [0.5, 0.6) is 5.75 Å². The van der Waals surface area contributed by atoms with Crippen LogP contribution < -0.4 is 15.4 Å². The van der Waals surface area contributed by atoms with E-state index in [0.29, 0.717) is 5.75 Å². The molecule has 1 saturated heterocycles. The lowest BCUT2D eigenvalue weighted by Gasteiger charge is -2.28. The molecule has 2 aromatic carbocycles. The maximum absolute atomic E-state index is 10.7. The lowest BCUT2D eigenvalue weighted by atomic mass is 10.2. The van der Waals surface area contributed by atoms with Crippen LogP contribution in [0.15, 0.2) is 53.5 Å². The number of hydrogen-bond acceptors (Lipinski definition) is 5. The van der Waals surface area contributed by atoms with E-state index in [-0.39, 0.29) is 6.61 Å². The molecule has 0 aromatic heterocycles. The number of benzene rings is 2. The van der Waals surface area contributed by atoms with Crippen LogP contribution in [-0.4, -0.2) is 45.0 Å². The molecular weight excluding hydrogens is 318 g/mol. The fourth-order valence-electron chi connectivity index (χ4n) is 2.52. The van der Waals surface area contributed by atoms with Crippen molar-refractivity contribution >= 4 is 23.5 Å². The highest BCUT2D eigenvalue weighted by molar-refractivity contribution is 5.82. The third kappa shape index (κ3) is 5.06. The van der Waals surface area contributed by atoms with Gasteiger partial charge in [0.05, 0.1) is 18.9 Å². The summed E-state index contributed by atoms with van der Waals surface area (Å²) in [5.74, 6) is 0.108. The quantitative estimate of drug-likeness (QED) is 0.818. The molecule has 2 N–H and O–H groups in total. The van der Waals surface area contributed by atoms with Crippen molar-refractivity contribution in [1.82, 2.24) is 0 Å². The molecule has 3 rings (SSSR count). The molecule has 1 aliphatic rings. The van der Waals surface area contributed by atoms with Gasteiger partial charge in [-0.2, -0.15) is 0 Å². The maximum Gasteiger partial charge on any atom is 0.255 e. The molecular formula is C19H21N3O3. The van der Waals surface area contributed by atoms with Gasteiger partial charge in [0.2, 0.25) is 0 Å². The largest absolute Gasteiger partial charge is 0.484 e. The predicted molar refractivity (Wildman–Crippen MR) is 97.9 cm³/mol. The summed E-state index contributed by atoms with van der Waals surface area (Å²) in [5, 5.41) is 0. The summed E-state index contributed by atoms with van der Waals surface area (Å²) in [7, 11) is 0. The highest BCUT2D eigenvalue weighted by Gasteiger charge is 2.10. The van der Waals surface area contributed by atoms with E-state index in [1.807, 2.05) is 24.3 Å². The highest BCUT2D eigenvalue weighted by atomic mass is 16.5. The predicted octanol–water partition coefficient (Wildman–Crippen LogP) is 2.14. The average molecular weight is 339 g/mol. The SMILES string of the molecule is NC(=O)COc1ccc(C=Nc2ccc(N3CCOCC3)cc2)cc1. The number of carbonyl (C=O) groups excluding carboxylic acids is 1. The summed E-state index contributed by atoms with van der Waals surface area (Å²) in [6.07, 6.45) is 1.79. The van der Waals surface area contributed by atoms with Gasteiger partial charge in [-0.3, -0.25) is 9.79 Å². The highest BCUT2D eigenvalue weighted by Crippen LogP contribution is 2.21. The van der Waals surface area contributed by atoms with Crippen molar-refractivity contribution in [2.45, 2.75) is 0 Å². The first-order chi connectivity index (χ1) is 12.2. The van der Waals surface area contributed by atoms with Gasteiger partial charge in [0.1, 0.15) is 5.75 Å². The van der Waals surface area contributed by atoms with E-state index in [9.17, 15) is 4.79 Å². The van der Waals surface area contributed by atoms with Gasteiger partial charge < -0.3 is 20.1 Å². The van der Waals surface area contributed by atoms with Crippen molar-refractivity contribution in [2.24, 2.45) is 10.7 Å². The molecule has 25 heavy (non-hydrogen) atoms. The Morgan fingerprint density at radius 3 is 2.44 bits per heavy atom. The maximum atomic E-state index is 10.7. The van der Waals surface area contributed by atoms with Gasteiger partial charge in [-0.15, -0.1) is 0 Å². The van der Waals surface area contributed by atoms with E-state index in [0.717, 1.165) is 37.6 Å². The minimum atomic E-state index is -0.494. The Bertz CT molecular complexity index is 721. The zero-order valence-corrected chi connectivity index (χ0v) is 13.9. The third-order valence-corrected chi connectivity index (χ3v) is 3.85. The van der Waals surface area contributed by atoms with Crippen molar-refractivity contribution in [1.29, 1.82) is 0 Å². The number of nitrogens with zero attached hydrogens (tertiary/aromatic N) is 2. The first-order valence-electron chi connectivity index (χ1n) is 8.19. The number of amides is 1. The molecule has 0 saturated carbocycles. The Hall–Kier alpha value is -2.86. The molecule has 6 nitrogen and oxygen atoms in total. The second-order valence-electron chi connectivity index (χ2n) is 5.70. The van der Waals surface area contributed by atoms with E-state index in [2.05, 4.69) is 22.0 Å². The van der Waals surface area contributed by atoms with Gasteiger partial charge in [-0.1, -0.05) is 0 Å². The van der Waals surface area contributed by atoms with E-state index in [1.54, 1.807) is 18.3 Å². The zero-order valence-electron chi connectivity index (χ0n) is 13.9. The van der Waals surface area contributed by atoms with E-state index in [4.69, 9.17) is 15.2 Å². The third-order valence-electron chi connectivity index (χ3n) is 3.85. The van der Waals surface area contributed by atoms with Gasteiger partial charge in [-0.05, 0) is 54.1 Å². The minimum Gasteiger partial charge on any atom is -0.484 e. The van der Waals surface area contributed by atoms with Gasteiger partial charge >= 0.3 is 0 Å². The fraction of sp³-hybridized carbons (Fsp3) is 0.263. The fourth-order valence-corrected chi connectivity index (χ4v) is 2.52. The number of anilines is 1. The Morgan fingerprint density at radius 1 is 1.12 bits per heavy atom. The molecule has 0 radical (unpaired) electrons. The molecule has 1 heterocycles. The van der Waals surface area contributed by atoms with Crippen LogP contribution >= 0.6 is 0 Å². The topological polar surface area (TPSA) is 77.2 Å². The second kappa shape index (κ2) is 8.30. The average Bonchev–Trinajstić information content (AvgIpc) is 2.66. The Kier molecular flexibility index (Phi) is 5.64. The molecule has 1 fully saturated rings. The smallest absolute Gasteiger partial charge is 0.255 e. The van der Waals surface area contributed by atoms with Gasteiger partial charge in [0.25, 0.3) is 5.91 Å². The summed E-state index contributed by atoms with van der Waals surface area (Å²) in [6, 6.07) is 15.5. The van der Waals surface area contributed by atoms with E-state index < -0.39 is 5.91 Å². The van der Waals surface area contributed by atoms with E-state index in [1.165, 1.54) is 5.69 Å². The Balaban J connectivity index is 1.58. The van der Waals surface area contributed by atoms with Crippen LogP contribution in [0.3, 0.4) is 0 Å². The molecule has 1 aliphatic heterocycles. The Morgan fingerprint density at radius 2 is 1.80 bits per heavy atom. The van der Waals surface area contributed by atoms with Crippen LogP contribution in [0, 0.1) is 0 Å². The summed E-state index contributed by atoms with van der Waals surface area (Å²) in [4.78, 5) is 17.5. The van der Waals surface area contributed by atoms with E-state index >= 15 is 0 Å². The van der Waals surface area contributed by atoms with Crippen molar-refractivity contribution in [2.75, 3.05) is 37.8 Å². The number of primary amides is 1. The molecule has 0 unspecified atom stereocenters. The van der Waals surface area contributed by atoms with Crippen molar-refractivity contribution in [3.05, 3.63) is 54.1 Å². The first kappa shape index (κ1) is 17.0. The molecule has 0 bridgehead atoms. The Labute approximate surface area is 146 Å². The molecule has 1 amide bonds. The van der Waals surface area contributed by atoms with Gasteiger partial charge in [-0.25, -0.2) is 0 Å². The van der Waals surface area contributed by atoms with Gasteiger partial charge in [0, 0.05) is 25.0 Å². The van der Waals surface area contributed by atoms with Gasteiger partial charge in [0.15, 0.2) is 6.61 Å². The van der Waals surface area contributed by atoms with Crippen LogP contribution in [0.2, 0.25) is 0 Å². The number of hydrogen-bond donors (Lipinski definition) is 1. The summed E-state index contributed by atoms with van der Waals surface area (Å²) in [6.45, 7) is 3.28. The molecule has 0 aliphatic carbocycles. The minimum absolute atomic E-state index is 0.122. The van der Waals surface area contributed by atoms with Crippen LogP contribution in [0.4, 0.5) is 11.4 Å². The summed E-state index contributed by atoms with van der Waals surface area (Å²) >= 11 is 0. The van der Waals surface area contributed by atoms with Crippen molar-refractivity contribution in [3.8, 4) is 5.75 Å². The van der Waals surface area contributed by atoms with Crippen LogP contribution in [0.1, 0.15) is 5.56 Å². The normalized spacial score (nSPS) is 14.6. The molecule has 130 valence electrons. The van der Waals surface area contributed by atoms with Crippen molar-refractivity contribution in [3.63, 3.8) is 0 Å². The number of ether oxygens (including phenoxy) is 2. The first-order valence-corrected chi connectivity index (χ1v) is 8.19. The summed E-state index contributed by atoms with van der Waals surface area (Å²) < 4.78 is 10.6. The monoisotopic (exact) mass is 339 g/mol. The molecule has 0 atom stereocenters. The van der Waals surface area contributed by atoms with Crippen LogP contribution in [-0.2, 0) is 9.53 Å². The second-order valence-corrected chi connectivity index (χ2v) is 5.70. The molecule has 0 spiro atoms. The molecule has 6 heteroatoms. The standard InChI is InChI=1S/C19H21N3O3/c20-19(23)14-25-18-7-1-15(2-8-18)13-21-16-3-5-17(6-4-16)22-9-11-24-12-10-22/h1-8,13H,9-12,14H2,(H2,20,23). The lowest BCUT2D eigenvalue weighted by Crippen LogP contribution is -2.36. The zero-order chi connectivity index (χ0) is 17.5. The molecule has 2 aromatic rings. The summed E-state index contributed by atoms with van der Waals surface area (Å²) in [5.41, 5.74) is 8.08. The number of morpholine rings is 1. The number of nitrogens with two attached hydrogens (primary N) is 1. The number of carbonyl (C=O) groups is 1. The number of rotatable bonds is 6.